The van der Waals surface area contributed by atoms with Crippen LogP contribution in [0.2, 0.25) is 0 Å². The molecule has 0 saturated carbocycles. The van der Waals surface area contributed by atoms with Crippen molar-refractivity contribution < 1.29 is 13.6 Å². The SMILES string of the molecule is NC(=O)c1cccc2c1c1[c]cc(-c3ccccc3)cc1n2Cc1ccc(F)cc1F. The van der Waals surface area contributed by atoms with Crippen LogP contribution in [-0.4, -0.2) is 10.5 Å². The van der Waals surface area contributed by atoms with Crippen LogP contribution in [-0.2, 0) is 6.54 Å². The number of benzene rings is 4. The molecule has 1 aromatic heterocycles. The fourth-order valence-electron chi connectivity index (χ4n) is 4.05. The van der Waals surface area contributed by atoms with Gasteiger partial charge in [-0.2, -0.15) is 0 Å². The topological polar surface area (TPSA) is 48.0 Å². The number of hydrogen-bond donors (Lipinski definition) is 1. The average Bonchev–Trinajstić information content (AvgIpc) is 3.09. The van der Waals surface area contributed by atoms with Crippen molar-refractivity contribution in [1.82, 2.24) is 4.57 Å². The Morgan fingerprint density at radius 2 is 1.71 bits per heavy atom. The minimum atomic E-state index is -0.626. The molecule has 1 amide bonds. The maximum Gasteiger partial charge on any atom is 0.249 e. The van der Waals surface area contributed by atoms with Gasteiger partial charge in [0.1, 0.15) is 11.6 Å². The van der Waals surface area contributed by atoms with Gasteiger partial charge in [0.15, 0.2) is 0 Å². The number of rotatable bonds is 4. The van der Waals surface area contributed by atoms with E-state index in [0.717, 1.165) is 33.6 Å². The number of fused-ring (bicyclic) bond motifs is 3. The van der Waals surface area contributed by atoms with Crippen LogP contribution in [0.4, 0.5) is 8.78 Å². The van der Waals surface area contributed by atoms with Crippen molar-refractivity contribution in [2.24, 2.45) is 5.73 Å². The summed E-state index contributed by atoms with van der Waals surface area (Å²) in [5, 5.41) is 1.40. The number of aromatic nitrogens is 1. The van der Waals surface area contributed by atoms with Gasteiger partial charge in [0, 0.05) is 28.0 Å². The Morgan fingerprint density at radius 3 is 2.45 bits per heavy atom. The summed E-state index contributed by atoms with van der Waals surface area (Å²) in [7, 11) is 0. The first kappa shape index (κ1) is 19.0. The molecule has 4 aromatic carbocycles. The lowest BCUT2D eigenvalue weighted by Gasteiger charge is -2.10. The van der Waals surface area contributed by atoms with Crippen LogP contribution in [0.25, 0.3) is 32.9 Å². The van der Waals surface area contributed by atoms with Crippen LogP contribution < -0.4 is 5.73 Å². The number of primary amides is 1. The van der Waals surface area contributed by atoms with Crippen molar-refractivity contribution in [1.29, 1.82) is 0 Å². The lowest BCUT2D eigenvalue weighted by Crippen LogP contribution is -2.11. The highest BCUT2D eigenvalue weighted by molar-refractivity contribution is 6.18. The Balaban J connectivity index is 1.81. The van der Waals surface area contributed by atoms with Crippen LogP contribution in [0.15, 0.2) is 78.9 Å². The number of hydrogen-bond acceptors (Lipinski definition) is 1. The van der Waals surface area contributed by atoms with Gasteiger partial charge in [0.25, 0.3) is 0 Å². The van der Waals surface area contributed by atoms with E-state index in [1.54, 1.807) is 12.1 Å². The van der Waals surface area contributed by atoms with Crippen LogP contribution in [0.3, 0.4) is 0 Å². The fraction of sp³-hybridized carbons (Fsp3) is 0.0385. The molecule has 0 aliphatic rings. The summed E-state index contributed by atoms with van der Waals surface area (Å²) in [5.41, 5.74) is 9.83. The van der Waals surface area contributed by atoms with Crippen molar-refractivity contribution in [2.45, 2.75) is 6.54 Å². The molecule has 0 bridgehead atoms. The summed E-state index contributed by atoms with van der Waals surface area (Å²) in [6.45, 7) is 0.167. The fourth-order valence-corrected chi connectivity index (χ4v) is 4.05. The summed E-state index contributed by atoms with van der Waals surface area (Å²) in [4.78, 5) is 12.1. The van der Waals surface area contributed by atoms with E-state index in [1.807, 2.05) is 53.1 Å². The summed E-state index contributed by atoms with van der Waals surface area (Å²) in [5.74, 6) is -1.79. The minimum Gasteiger partial charge on any atom is -0.366 e. The highest BCUT2D eigenvalue weighted by Crippen LogP contribution is 2.35. The number of nitrogens with zero attached hydrogens (tertiary/aromatic N) is 1. The van der Waals surface area contributed by atoms with E-state index in [9.17, 15) is 13.6 Å². The Labute approximate surface area is 177 Å². The predicted molar refractivity (Wildman–Crippen MR) is 118 cm³/mol. The maximum absolute atomic E-state index is 14.5. The van der Waals surface area contributed by atoms with E-state index in [2.05, 4.69) is 6.07 Å². The molecular weight excluding hydrogens is 394 g/mol. The predicted octanol–water partition coefficient (Wildman–Crippen LogP) is 5.69. The third kappa shape index (κ3) is 3.24. The van der Waals surface area contributed by atoms with Crippen LogP contribution in [0.1, 0.15) is 15.9 Å². The van der Waals surface area contributed by atoms with Crippen molar-refractivity contribution in [3.63, 3.8) is 0 Å². The molecule has 0 fully saturated rings. The molecule has 1 heterocycles. The molecule has 0 spiro atoms. The molecule has 5 heteroatoms. The number of amides is 1. The first-order valence-electron chi connectivity index (χ1n) is 9.79. The first-order chi connectivity index (χ1) is 15.0. The van der Waals surface area contributed by atoms with E-state index in [1.165, 1.54) is 12.1 Å². The average molecular weight is 411 g/mol. The monoisotopic (exact) mass is 411 g/mol. The Kier molecular flexibility index (Phi) is 4.51. The van der Waals surface area contributed by atoms with E-state index in [4.69, 9.17) is 5.73 Å². The number of carbonyl (C=O) groups excluding carboxylic acids is 1. The van der Waals surface area contributed by atoms with E-state index in [0.29, 0.717) is 16.5 Å². The Bertz CT molecular complexity index is 1460. The first-order valence-corrected chi connectivity index (χ1v) is 9.79. The van der Waals surface area contributed by atoms with Gasteiger partial charge in [-0.3, -0.25) is 4.79 Å². The zero-order valence-electron chi connectivity index (χ0n) is 16.4. The molecule has 5 rings (SSSR count). The normalized spacial score (nSPS) is 11.3. The molecule has 31 heavy (non-hydrogen) atoms. The standard InChI is InChI=1S/C26H17F2N2O/c27-19-11-9-18(22(28)14-19)15-30-23-8-4-7-21(26(29)31)25(23)20-12-10-17(13-24(20)30)16-5-2-1-3-6-16/h1-11,13-14H,15H2,(H2,29,31). The second-order valence-electron chi connectivity index (χ2n) is 7.40. The number of nitrogens with two attached hydrogens (primary N) is 1. The van der Waals surface area contributed by atoms with E-state index >= 15 is 0 Å². The summed E-state index contributed by atoms with van der Waals surface area (Å²) >= 11 is 0. The third-order valence-electron chi connectivity index (χ3n) is 5.51. The van der Waals surface area contributed by atoms with Gasteiger partial charge in [-0.1, -0.05) is 42.5 Å². The molecule has 0 unspecified atom stereocenters. The van der Waals surface area contributed by atoms with Gasteiger partial charge in [-0.15, -0.1) is 0 Å². The van der Waals surface area contributed by atoms with Gasteiger partial charge >= 0.3 is 0 Å². The molecule has 151 valence electrons. The summed E-state index contributed by atoms with van der Waals surface area (Å²) < 4.78 is 29.8. The van der Waals surface area contributed by atoms with Crippen molar-refractivity contribution in [3.05, 3.63) is 108 Å². The zero-order chi connectivity index (χ0) is 21.5. The smallest absolute Gasteiger partial charge is 0.249 e. The molecule has 5 aromatic rings. The van der Waals surface area contributed by atoms with Crippen molar-refractivity contribution in [2.75, 3.05) is 0 Å². The highest BCUT2D eigenvalue weighted by atomic mass is 19.1. The van der Waals surface area contributed by atoms with Crippen LogP contribution in [0.5, 0.6) is 0 Å². The van der Waals surface area contributed by atoms with Gasteiger partial charge in [0.2, 0.25) is 5.91 Å². The maximum atomic E-state index is 14.5. The highest BCUT2D eigenvalue weighted by Gasteiger charge is 2.18. The van der Waals surface area contributed by atoms with Crippen LogP contribution >= 0.6 is 0 Å². The number of carbonyl (C=O) groups is 1. The number of halogens is 2. The van der Waals surface area contributed by atoms with Crippen molar-refractivity contribution in [3.8, 4) is 11.1 Å². The van der Waals surface area contributed by atoms with Gasteiger partial charge in [-0.05, 0) is 47.5 Å². The van der Waals surface area contributed by atoms with Crippen LogP contribution in [0, 0.1) is 17.7 Å². The lowest BCUT2D eigenvalue weighted by molar-refractivity contribution is 0.100. The van der Waals surface area contributed by atoms with Gasteiger partial charge in [0.05, 0.1) is 17.6 Å². The molecule has 2 N–H and O–H groups in total. The second kappa shape index (κ2) is 7.36. The zero-order valence-corrected chi connectivity index (χ0v) is 16.4. The molecule has 3 nitrogen and oxygen atoms in total. The molecule has 0 saturated heterocycles. The Morgan fingerprint density at radius 1 is 0.903 bits per heavy atom. The largest absolute Gasteiger partial charge is 0.366 e. The molecule has 0 aliphatic heterocycles. The lowest BCUT2D eigenvalue weighted by atomic mass is 10.0. The van der Waals surface area contributed by atoms with Crippen molar-refractivity contribution >= 4 is 27.7 Å². The van der Waals surface area contributed by atoms with E-state index < -0.39 is 17.5 Å². The summed E-state index contributed by atoms with van der Waals surface area (Å²) in [6, 6.07) is 25.8. The minimum absolute atomic E-state index is 0.167. The molecular formula is C26H17F2N2O. The molecule has 0 atom stereocenters. The second-order valence-corrected chi connectivity index (χ2v) is 7.40. The molecule has 0 aliphatic carbocycles. The van der Waals surface area contributed by atoms with E-state index in [-0.39, 0.29) is 6.54 Å². The Hall–Kier alpha value is -3.99. The third-order valence-corrected chi connectivity index (χ3v) is 5.51. The quantitative estimate of drug-likeness (QED) is 0.406. The van der Waals surface area contributed by atoms with Gasteiger partial charge in [-0.25, -0.2) is 8.78 Å². The molecule has 1 radical (unpaired) electrons. The summed E-state index contributed by atoms with van der Waals surface area (Å²) in [6.07, 6.45) is 0. The van der Waals surface area contributed by atoms with Gasteiger partial charge < -0.3 is 10.3 Å².